The lowest BCUT2D eigenvalue weighted by Gasteiger charge is -2.37. The van der Waals surface area contributed by atoms with E-state index in [0.717, 1.165) is 50.9 Å². The predicted molar refractivity (Wildman–Crippen MR) is 81.7 cm³/mol. The number of piperidine rings is 1. The molecular formula is C15H27N3O3. The van der Waals surface area contributed by atoms with Gasteiger partial charge in [0, 0.05) is 25.0 Å². The first kappa shape index (κ1) is 16.1. The molecule has 6 heteroatoms. The summed E-state index contributed by atoms with van der Waals surface area (Å²) in [5, 5.41) is 13.1. The lowest BCUT2D eigenvalue weighted by molar-refractivity contribution is 0.129. The molecule has 0 saturated carbocycles. The van der Waals surface area contributed by atoms with E-state index in [1.165, 1.54) is 0 Å². The van der Waals surface area contributed by atoms with E-state index < -0.39 is 6.09 Å². The second-order valence-electron chi connectivity index (χ2n) is 6.08. The molecule has 0 bridgehead atoms. The Morgan fingerprint density at radius 1 is 1.14 bits per heavy atom. The van der Waals surface area contributed by atoms with Crippen LogP contribution in [0.2, 0.25) is 0 Å². The fourth-order valence-corrected chi connectivity index (χ4v) is 3.54. The Morgan fingerprint density at radius 2 is 1.86 bits per heavy atom. The molecule has 0 aromatic heterocycles. The van der Waals surface area contributed by atoms with Crippen LogP contribution in [0.5, 0.6) is 0 Å². The minimum absolute atomic E-state index is 0.530. The van der Waals surface area contributed by atoms with Crippen molar-refractivity contribution in [1.82, 2.24) is 9.80 Å². The number of amides is 1. The van der Waals surface area contributed by atoms with Gasteiger partial charge in [-0.25, -0.2) is 4.79 Å². The Balaban J connectivity index is 1.82. The van der Waals surface area contributed by atoms with Crippen LogP contribution < -0.4 is 0 Å². The number of rotatable bonds is 3. The van der Waals surface area contributed by atoms with Gasteiger partial charge in [-0.1, -0.05) is 5.16 Å². The fourth-order valence-electron chi connectivity index (χ4n) is 3.54. The number of hydrogen-bond acceptors (Lipinski definition) is 4. The lowest BCUT2D eigenvalue weighted by Crippen LogP contribution is -2.43. The van der Waals surface area contributed by atoms with Gasteiger partial charge in [0.1, 0.15) is 7.11 Å². The monoisotopic (exact) mass is 297 g/mol. The number of carbonyl (C=O) groups is 1. The van der Waals surface area contributed by atoms with Gasteiger partial charge in [-0.15, -0.1) is 0 Å². The topological polar surface area (TPSA) is 65.4 Å². The summed E-state index contributed by atoms with van der Waals surface area (Å²) >= 11 is 0. The summed E-state index contributed by atoms with van der Waals surface area (Å²) in [7, 11) is 1.60. The molecule has 0 aliphatic carbocycles. The molecule has 1 amide bonds. The Labute approximate surface area is 126 Å². The van der Waals surface area contributed by atoms with E-state index in [1.54, 1.807) is 12.0 Å². The molecule has 2 fully saturated rings. The highest BCUT2D eigenvalue weighted by Crippen LogP contribution is 2.25. The van der Waals surface area contributed by atoms with Crippen LogP contribution in [-0.4, -0.2) is 66.0 Å². The maximum Gasteiger partial charge on any atom is 0.407 e. The number of likely N-dealkylation sites (tertiary alicyclic amines) is 2. The van der Waals surface area contributed by atoms with Gasteiger partial charge >= 0.3 is 6.09 Å². The van der Waals surface area contributed by atoms with Gasteiger partial charge in [-0.05, 0) is 52.1 Å². The highest BCUT2D eigenvalue weighted by molar-refractivity contribution is 5.83. The van der Waals surface area contributed by atoms with Gasteiger partial charge in [-0.2, -0.15) is 0 Å². The van der Waals surface area contributed by atoms with Crippen molar-refractivity contribution in [2.45, 2.75) is 45.1 Å². The highest BCUT2D eigenvalue weighted by Gasteiger charge is 2.28. The van der Waals surface area contributed by atoms with E-state index in [-0.39, 0.29) is 0 Å². The molecule has 1 unspecified atom stereocenters. The van der Waals surface area contributed by atoms with Crippen LogP contribution in [0.3, 0.4) is 0 Å². The average molecular weight is 297 g/mol. The van der Waals surface area contributed by atoms with Crippen molar-refractivity contribution >= 4 is 11.8 Å². The first-order valence-corrected chi connectivity index (χ1v) is 7.91. The maximum atomic E-state index is 11.1. The van der Waals surface area contributed by atoms with Crippen LogP contribution in [0.25, 0.3) is 0 Å². The molecule has 120 valence electrons. The number of nitrogens with zero attached hydrogens (tertiary/aromatic N) is 3. The standard InChI is InChI=1S/C15H27N3O3/c1-12(16-21-2)13-5-9-17(10-6-13)14-4-3-8-18(11-7-14)15(19)20/h13-14H,3-11H2,1-2H3,(H,19,20). The van der Waals surface area contributed by atoms with Gasteiger partial charge in [0.25, 0.3) is 0 Å². The third-order valence-electron chi connectivity index (χ3n) is 4.84. The Hall–Kier alpha value is -1.30. The van der Waals surface area contributed by atoms with Crippen molar-refractivity contribution in [3.63, 3.8) is 0 Å². The number of carboxylic acid groups (broad SMARTS) is 1. The van der Waals surface area contributed by atoms with Gasteiger partial charge in [0.05, 0.1) is 5.71 Å². The van der Waals surface area contributed by atoms with Gasteiger partial charge in [-0.3, -0.25) is 0 Å². The molecule has 0 aromatic carbocycles. The molecule has 0 radical (unpaired) electrons. The Kier molecular flexibility index (Phi) is 5.85. The van der Waals surface area contributed by atoms with Crippen molar-refractivity contribution in [2.75, 3.05) is 33.3 Å². The van der Waals surface area contributed by atoms with Crippen molar-refractivity contribution in [1.29, 1.82) is 0 Å². The maximum absolute atomic E-state index is 11.1. The molecule has 1 atom stereocenters. The van der Waals surface area contributed by atoms with Gasteiger partial charge in [0.2, 0.25) is 0 Å². The zero-order chi connectivity index (χ0) is 15.2. The summed E-state index contributed by atoms with van der Waals surface area (Å²) < 4.78 is 0. The molecule has 0 aromatic rings. The smallest absolute Gasteiger partial charge is 0.407 e. The first-order valence-electron chi connectivity index (χ1n) is 7.91. The molecule has 2 aliphatic heterocycles. The lowest BCUT2D eigenvalue weighted by atomic mass is 9.91. The van der Waals surface area contributed by atoms with E-state index in [4.69, 9.17) is 9.94 Å². The fraction of sp³-hybridized carbons (Fsp3) is 0.867. The Morgan fingerprint density at radius 3 is 2.48 bits per heavy atom. The molecule has 2 aliphatic rings. The van der Waals surface area contributed by atoms with Crippen molar-refractivity contribution < 1.29 is 14.7 Å². The number of hydrogen-bond donors (Lipinski definition) is 1. The predicted octanol–water partition coefficient (Wildman–Crippen LogP) is 2.25. The first-order chi connectivity index (χ1) is 10.1. The average Bonchev–Trinajstić information content (AvgIpc) is 2.73. The largest absolute Gasteiger partial charge is 0.465 e. The van der Waals surface area contributed by atoms with Crippen molar-refractivity contribution in [3.8, 4) is 0 Å². The van der Waals surface area contributed by atoms with E-state index in [0.29, 0.717) is 25.0 Å². The SMILES string of the molecule is CON=C(C)C1CCN(C2CCCN(C(=O)O)CC2)CC1. The van der Waals surface area contributed by atoms with Crippen LogP contribution in [0.4, 0.5) is 4.79 Å². The van der Waals surface area contributed by atoms with Crippen LogP contribution >= 0.6 is 0 Å². The third kappa shape index (κ3) is 4.33. The Bertz CT molecular complexity index is 378. The van der Waals surface area contributed by atoms with E-state index >= 15 is 0 Å². The molecular weight excluding hydrogens is 270 g/mol. The number of oxime groups is 1. The normalized spacial score (nSPS) is 26.5. The van der Waals surface area contributed by atoms with Crippen LogP contribution in [-0.2, 0) is 4.84 Å². The molecule has 2 heterocycles. The highest BCUT2D eigenvalue weighted by atomic mass is 16.6. The van der Waals surface area contributed by atoms with Crippen LogP contribution in [0.15, 0.2) is 5.16 Å². The zero-order valence-corrected chi connectivity index (χ0v) is 13.1. The van der Waals surface area contributed by atoms with Crippen molar-refractivity contribution in [3.05, 3.63) is 0 Å². The quantitative estimate of drug-likeness (QED) is 0.641. The zero-order valence-electron chi connectivity index (χ0n) is 13.1. The van der Waals surface area contributed by atoms with E-state index in [2.05, 4.69) is 10.1 Å². The van der Waals surface area contributed by atoms with Gasteiger partial charge < -0.3 is 19.7 Å². The minimum atomic E-state index is -0.777. The molecule has 2 rings (SSSR count). The summed E-state index contributed by atoms with van der Waals surface area (Å²) in [6, 6.07) is 0.537. The second-order valence-corrected chi connectivity index (χ2v) is 6.08. The van der Waals surface area contributed by atoms with Crippen molar-refractivity contribution in [2.24, 2.45) is 11.1 Å². The summed E-state index contributed by atoms with van der Waals surface area (Å²) in [6.07, 6.45) is 4.51. The summed E-state index contributed by atoms with van der Waals surface area (Å²) in [6.45, 7) is 5.56. The summed E-state index contributed by atoms with van der Waals surface area (Å²) in [5.74, 6) is 0.530. The molecule has 2 saturated heterocycles. The van der Waals surface area contributed by atoms with Crippen LogP contribution in [0.1, 0.15) is 39.0 Å². The van der Waals surface area contributed by atoms with E-state index in [9.17, 15) is 4.79 Å². The van der Waals surface area contributed by atoms with Crippen LogP contribution in [0, 0.1) is 5.92 Å². The summed E-state index contributed by atoms with van der Waals surface area (Å²) in [4.78, 5) is 20.0. The molecule has 21 heavy (non-hydrogen) atoms. The summed E-state index contributed by atoms with van der Waals surface area (Å²) in [5.41, 5.74) is 1.09. The van der Waals surface area contributed by atoms with E-state index in [1.807, 2.05) is 6.92 Å². The third-order valence-corrected chi connectivity index (χ3v) is 4.84. The van der Waals surface area contributed by atoms with Gasteiger partial charge in [0.15, 0.2) is 0 Å². The molecule has 0 spiro atoms. The molecule has 6 nitrogen and oxygen atoms in total. The minimum Gasteiger partial charge on any atom is -0.465 e. The molecule has 1 N–H and O–H groups in total. The second kappa shape index (κ2) is 7.64.